The summed E-state index contributed by atoms with van der Waals surface area (Å²) in [5.41, 5.74) is -0.289. The van der Waals surface area contributed by atoms with Crippen molar-refractivity contribution in [1.82, 2.24) is 9.55 Å². The molecule has 0 spiro atoms. The first-order valence-electron chi connectivity index (χ1n) is 6.37. The van der Waals surface area contributed by atoms with Gasteiger partial charge in [-0.2, -0.15) is 0 Å². The van der Waals surface area contributed by atoms with Crippen LogP contribution in [0.2, 0.25) is 0 Å². The molecule has 1 aromatic heterocycles. The maximum absolute atomic E-state index is 12.1. The molecule has 1 aromatic rings. The van der Waals surface area contributed by atoms with Crippen molar-refractivity contribution in [2.45, 2.75) is 40.3 Å². The molecule has 1 atom stereocenters. The molecule has 1 heterocycles. The lowest BCUT2D eigenvalue weighted by atomic mass is 10.1. The Morgan fingerprint density at radius 2 is 2.05 bits per heavy atom. The third-order valence-corrected chi connectivity index (χ3v) is 2.70. The topological polar surface area (TPSA) is 84.2 Å². The van der Waals surface area contributed by atoms with Gasteiger partial charge in [-0.25, -0.2) is 9.78 Å². The lowest BCUT2D eigenvalue weighted by Crippen LogP contribution is -2.38. The second-order valence-corrected chi connectivity index (χ2v) is 5.33. The first kappa shape index (κ1) is 15.2. The normalized spacial score (nSPS) is 12.7. The molecule has 0 aromatic carbocycles. The second-order valence-electron chi connectivity index (χ2n) is 5.33. The minimum absolute atomic E-state index is 0.0873. The van der Waals surface area contributed by atoms with Gasteiger partial charge in [-0.15, -0.1) is 0 Å². The molecule has 6 nitrogen and oxygen atoms in total. The van der Waals surface area contributed by atoms with Gasteiger partial charge >= 0.3 is 5.97 Å². The number of nitrogens with one attached hydrogen (secondary N) is 1. The van der Waals surface area contributed by atoms with Gasteiger partial charge in [0.05, 0.1) is 0 Å². The smallest absolute Gasteiger partial charge is 0.326 e. The highest BCUT2D eigenvalue weighted by Gasteiger charge is 2.23. The number of aliphatic carboxylic acids is 1. The Morgan fingerprint density at radius 1 is 1.42 bits per heavy atom. The zero-order valence-corrected chi connectivity index (χ0v) is 11.8. The van der Waals surface area contributed by atoms with Crippen LogP contribution in [0.15, 0.2) is 17.2 Å². The number of hydrogen-bond acceptors (Lipinski definition) is 4. The molecule has 106 valence electrons. The molecule has 0 saturated heterocycles. The average Bonchev–Trinajstić information content (AvgIpc) is 2.28. The van der Waals surface area contributed by atoms with Gasteiger partial charge in [0.1, 0.15) is 6.04 Å². The van der Waals surface area contributed by atoms with Crippen molar-refractivity contribution >= 4 is 11.8 Å². The molecule has 0 bridgehead atoms. The first-order valence-corrected chi connectivity index (χ1v) is 6.37. The van der Waals surface area contributed by atoms with E-state index in [1.165, 1.54) is 6.20 Å². The number of nitrogens with zero attached hydrogens (tertiary/aromatic N) is 2. The molecule has 2 N–H and O–H groups in total. The van der Waals surface area contributed by atoms with Crippen molar-refractivity contribution in [3.63, 3.8) is 0 Å². The summed E-state index contributed by atoms with van der Waals surface area (Å²) in [6.45, 7) is 8.15. The molecule has 0 aliphatic carbocycles. The fraction of sp³-hybridized carbons (Fsp3) is 0.615. The number of hydrogen-bond donors (Lipinski definition) is 2. The van der Waals surface area contributed by atoms with Gasteiger partial charge in [0.25, 0.3) is 5.56 Å². The van der Waals surface area contributed by atoms with E-state index in [0.717, 1.165) is 0 Å². The molecule has 1 unspecified atom stereocenters. The summed E-state index contributed by atoms with van der Waals surface area (Å²) in [7, 11) is 0. The monoisotopic (exact) mass is 267 g/mol. The van der Waals surface area contributed by atoms with Gasteiger partial charge in [0, 0.05) is 18.9 Å². The number of carboxylic acid groups (broad SMARTS) is 1. The highest BCUT2D eigenvalue weighted by atomic mass is 16.4. The summed E-state index contributed by atoms with van der Waals surface area (Å²) in [5.74, 6) is -0.717. The van der Waals surface area contributed by atoms with E-state index >= 15 is 0 Å². The van der Waals surface area contributed by atoms with E-state index in [9.17, 15) is 9.59 Å². The molecular weight excluding hydrogens is 246 g/mol. The summed E-state index contributed by atoms with van der Waals surface area (Å²) in [5, 5.41) is 11.8. The molecule has 0 radical (unpaired) electrons. The van der Waals surface area contributed by atoms with Crippen LogP contribution < -0.4 is 10.9 Å². The lowest BCUT2D eigenvalue weighted by Gasteiger charge is -2.18. The number of anilines is 1. The molecule has 0 fully saturated rings. The van der Waals surface area contributed by atoms with Gasteiger partial charge < -0.3 is 15.0 Å². The average molecular weight is 267 g/mol. The SMILES string of the molecule is CC(C)Cn1ccnc(NC(C(=O)O)C(C)C)c1=O. The number of aromatic nitrogens is 2. The van der Waals surface area contributed by atoms with Gasteiger partial charge in [-0.05, 0) is 11.8 Å². The van der Waals surface area contributed by atoms with E-state index in [4.69, 9.17) is 5.11 Å². The van der Waals surface area contributed by atoms with E-state index in [2.05, 4.69) is 10.3 Å². The number of rotatable bonds is 6. The largest absolute Gasteiger partial charge is 0.480 e. The molecule has 19 heavy (non-hydrogen) atoms. The van der Waals surface area contributed by atoms with Crippen molar-refractivity contribution in [3.8, 4) is 0 Å². The predicted molar refractivity (Wildman–Crippen MR) is 73.2 cm³/mol. The molecule has 1 rings (SSSR count). The lowest BCUT2D eigenvalue weighted by molar-refractivity contribution is -0.138. The van der Waals surface area contributed by atoms with Crippen molar-refractivity contribution in [1.29, 1.82) is 0 Å². The Bertz CT molecular complexity index is 494. The van der Waals surface area contributed by atoms with Crippen molar-refractivity contribution in [2.24, 2.45) is 11.8 Å². The van der Waals surface area contributed by atoms with Crippen LogP contribution in [0, 0.1) is 11.8 Å². The van der Waals surface area contributed by atoms with Crippen LogP contribution in [0.1, 0.15) is 27.7 Å². The zero-order valence-electron chi connectivity index (χ0n) is 11.8. The van der Waals surface area contributed by atoms with Crippen LogP contribution in [-0.2, 0) is 11.3 Å². The van der Waals surface area contributed by atoms with Gasteiger partial charge in [0.2, 0.25) is 0 Å². The van der Waals surface area contributed by atoms with Gasteiger partial charge in [-0.3, -0.25) is 4.79 Å². The van der Waals surface area contributed by atoms with Crippen molar-refractivity contribution < 1.29 is 9.90 Å². The van der Waals surface area contributed by atoms with E-state index in [1.54, 1.807) is 24.6 Å². The highest BCUT2D eigenvalue weighted by molar-refractivity contribution is 5.77. The molecular formula is C13H21N3O3. The summed E-state index contributed by atoms with van der Waals surface area (Å²) in [6, 6.07) is -0.824. The van der Waals surface area contributed by atoms with E-state index in [1.807, 2.05) is 13.8 Å². The fourth-order valence-electron chi connectivity index (χ4n) is 1.74. The molecule has 0 aliphatic heterocycles. The van der Waals surface area contributed by atoms with Crippen LogP contribution in [0.25, 0.3) is 0 Å². The van der Waals surface area contributed by atoms with Crippen LogP contribution in [0.3, 0.4) is 0 Å². The standard InChI is InChI=1S/C13H21N3O3/c1-8(2)7-16-6-5-14-11(12(16)17)15-10(9(3)4)13(18)19/h5-6,8-10H,7H2,1-4H3,(H,14,15)(H,18,19). The summed E-state index contributed by atoms with van der Waals surface area (Å²) in [6.07, 6.45) is 3.12. The Morgan fingerprint density at radius 3 is 2.53 bits per heavy atom. The Kier molecular flexibility index (Phi) is 5.09. The second kappa shape index (κ2) is 6.36. The van der Waals surface area contributed by atoms with E-state index in [-0.39, 0.29) is 17.3 Å². The third kappa shape index (κ3) is 4.08. The van der Waals surface area contributed by atoms with E-state index < -0.39 is 12.0 Å². The summed E-state index contributed by atoms with van der Waals surface area (Å²) < 4.78 is 1.54. The van der Waals surface area contributed by atoms with Crippen LogP contribution >= 0.6 is 0 Å². The predicted octanol–water partition coefficient (Wildman–Crippen LogP) is 1.42. The molecule has 6 heteroatoms. The fourth-order valence-corrected chi connectivity index (χ4v) is 1.74. The van der Waals surface area contributed by atoms with Gasteiger partial charge in [0.15, 0.2) is 5.82 Å². The molecule has 0 amide bonds. The van der Waals surface area contributed by atoms with Crippen molar-refractivity contribution in [2.75, 3.05) is 5.32 Å². The Balaban J connectivity index is 3.01. The summed E-state index contributed by atoms with van der Waals surface area (Å²) >= 11 is 0. The maximum atomic E-state index is 12.1. The van der Waals surface area contributed by atoms with Crippen LogP contribution in [0.4, 0.5) is 5.82 Å². The Hall–Kier alpha value is -1.85. The Labute approximate surface area is 112 Å². The van der Waals surface area contributed by atoms with Crippen LogP contribution in [-0.4, -0.2) is 26.7 Å². The van der Waals surface area contributed by atoms with E-state index in [0.29, 0.717) is 12.5 Å². The van der Waals surface area contributed by atoms with Crippen molar-refractivity contribution in [3.05, 3.63) is 22.7 Å². The first-order chi connectivity index (χ1) is 8.82. The highest BCUT2D eigenvalue weighted by Crippen LogP contribution is 2.07. The van der Waals surface area contributed by atoms with Gasteiger partial charge in [-0.1, -0.05) is 27.7 Å². The molecule has 0 saturated carbocycles. The minimum atomic E-state index is -0.990. The zero-order chi connectivity index (χ0) is 14.6. The minimum Gasteiger partial charge on any atom is -0.480 e. The number of carbonyl (C=O) groups is 1. The quantitative estimate of drug-likeness (QED) is 0.814. The van der Waals surface area contributed by atoms with Crippen LogP contribution in [0.5, 0.6) is 0 Å². The maximum Gasteiger partial charge on any atom is 0.326 e. The molecule has 0 aliphatic rings. The third-order valence-electron chi connectivity index (χ3n) is 2.70. The summed E-state index contributed by atoms with van der Waals surface area (Å²) in [4.78, 5) is 27.2. The number of carboxylic acids is 1.